The van der Waals surface area contributed by atoms with Crippen LogP contribution < -0.4 is 10.2 Å². The molecule has 114 valence electrons. The molecule has 0 aliphatic heterocycles. The van der Waals surface area contributed by atoms with Gasteiger partial charge in [-0.05, 0) is 37.3 Å². The first-order valence-electron chi connectivity index (χ1n) is 7.49. The number of carbonyl (C=O) groups is 2. The number of amides is 2. The molecular weight excluding hydrogens is 268 g/mol. The molecule has 1 saturated carbocycles. The van der Waals surface area contributed by atoms with Gasteiger partial charge < -0.3 is 10.4 Å². The number of carboxylic acids is 1. The van der Waals surface area contributed by atoms with E-state index in [1.807, 2.05) is 30.3 Å². The lowest BCUT2D eigenvalue weighted by atomic mass is 10.2. The number of rotatable bonds is 7. The quantitative estimate of drug-likeness (QED) is 0.811. The number of anilines is 1. The summed E-state index contributed by atoms with van der Waals surface area (Å²) >= 11 is 0. The van der Waals surface area contributed by atoms with Crippen molar-refractivity contribution in [2.75, 3.05) is 11.4 Å². The fraction of sp³-hybridized carbons (Fsp3) is 0.500. The van der Waals surface area contributed by atoms with E-state index < -0.39 is 12.0 Å². The van der Waals surface area contributed by atoms with E-state index in [1.54, 1.807) is 4.90 Å². The first-order chi connectivity index (χ1) is 10.1. The van der Waals surface area contributed by atoms with E-state index in [0.29, 0.717) is 6.54 Å². The minimum absolute atomic E-state index is 0.0789. The van der Waals surface area contributed by atoms with Crippen LogP contribution in [0, 0.1) is 5.92 Å². The van der Waals surface area contributed by atoms with Gasteiger partial charge in [0.25, 0.3) is 0 Å². The van der Waals surface area contributed by atoms with Crippen molar-refractivity contribution in [2.45, 2.75) is 38.6 Å². The van der Waals surface area contributed by atoms with Gasteiger partial charge in [0.05, 0.1) is 0 Å². The highest BCUT2D eigenvalue weighted by atomic mass is 16.4. The first kappa shape index (κ1) is 15.4. The third-order valence-electron chi connectivity index (χ3n) is 3.69. The van der Waals surface area contributed by atoms with Crippen LogP contribution in [0.25, 0.3) is 0 Å². The maximum absolute atomic E-state index is 12.4. The van der Waals surface area contributed by atoms with Gasteiger partial charge in [-0.25, -0.2) is 9.59 Å². The number of para-hydroxylation sites is 1. The van der Waals surface area contributed by atoms with Crippen LogP contribution in [0.15, 0.2) is 30.3 Å². The zero-order valence-electron chi connectivity index (χ0n) is 12.3. The Morgan fingerprint density at radius 3 is 2.52 bits per heavy atom. The number of carbonyl (C=O) groups excluding carboxylic acids is 1. The fourth-order valence-electron chi connectivity index (χ4n) is 2.29. The molecule has 0 bridgehead atoms. The number of hydrogen-bond donors (Lipinski definition) is 2. The van der Waals surface area contributed by atoms with E-state index in [0.717, 1.165) is 31.4 Å². The molecule has 1 atom stereocenters. The van der Waals surface area contributed by atoms with Crippen LogP contribution in [0.5, 0.6) is 0 Å². The van der Waals surface area contributed by atoms with Gasteiger partial charge in [-0.2, -0.15) is 0 Å². The van der Waals surface area contributed by atoms with Gasteiger partial charge in [-0.1, -0.05) is 31.5 Å². The molecule has 2 rings (SSSR count). The molecular formula is C16H22N2O3. The van der Waals surface area contributed by atoms with E-state index in [-0.39, 0.29) is 11.9 Å². The van der Waals surface area contributed by atoms with Crippen molar-refractivity contribution in [3.05, 3.63) is 30.3 Å². The van der Waals surface area contributed by atoms with Gasteiger partial charge in [0, 0.05) is 12.2 Å². The lowest BCUT2D eigenvalue weighted by Crippen LogP contribution is -2.49. The number of carboxylic acid groups (broad SMARTS) is 1. The molecule has 1 aromatic carbocycles. The fourth-order valence-corrected chi connectivity index (χ4v) is 2.29. The van der Waals surface area contributed by atoms with Crippen molar-refractivity contribution in [1.29, 1.82) is 0 Å². The molecule has 5 nitrogen and oxygen atoms in total. The number of unbranched alkanes of at least 4 members (excludes halogenated alkanes) is 1. The Balaban J connectivity index is 2.08. The summed E-state index contributed by atoms with van der Waals surface area (Å²) in [5.74, 6) is -0.871. The van der Waals surface area contributed by atoms with Crippen LogP contribution in [0.4, 0.5) is 10.5 Å². The highest BCUT2D eigenvalue weighted by Gasteiger charge is 2.38. The third-order valence-corrected chi connectivity index (χ3v) is 3.69. The monoisotopic (exact) mass is 290 g/mol. The molecule has 0 heterocycles. The number of aliphatic carboxylic acids is 1. The van der Waals surface area contributed by atoms with Gasteiger partial charge in [0.1, 0.15) is 6.04 Å². The van der Waals surface area contributed by atoms with Crippen LogP contribution >= 0.6 is 0 Å². The minimum atomic E-state index is -0.950. The summed E-state index contributed by atoms with van der Waals surface area (Å²) in [7, 11) is 0. The Bertz CT molecular complexity index is 486. The third kappa shape index (κ3) is 4.21. The average molecular weight is 290 g/mol. The molecule has 0 aromatic heterocycles. The second-order valence-corrected chi connectivity index (χ2v) is 5.44. The maximum Gasteiger partial charge on any atom is 0.326 e. The van der Waals surface area contributed by atoms with Crippen LogP contribution in [-0.4, -0.2) is 29.7 Å². The summed E-state index contributed by atoms with van der Waals surface area (Å²) in [6.07, 6.45) is 3.60. The van der Waals surface area contributed by atoms with Crippen molar-refractivity contribution in [2.24, 2.45) is 5.92 Å². The van der Waals surface area contributed by atoms with Gasteiger partial charge in [0.15, 0.2) is 0 Å². The number of nitrogens with zero attached hydrogens (tertiary/aromatic N) is 1. The summed E-state index contributed by atoms with van der Waals surface area (Å²) in [5.41, 5.74) is 0.795. The molecule has 1 unspecified atom stereocenters. The number of benzene rings is 1. The Labute approximate surface area is 125 Å². The zero-order chi connectivity index (χ0) is 15.2. The van der Waals surface area contributed by atoms with E-state index in [9.17, 15) is 14.7 Å². The molecule has 5 heteroatoms. The Morgan fingerprint density at radius 2 is 2.00 bits per heavy atom. The Hall–Kier alpha value is -2.04. The highest BCUT2D eigenvalue weighted by molar-refractivity contribution is 5.94. The number of nitrogens with one attached hydrogen (secondary N) is 1. The van der Waals surface area contributed by atoms with Crippen LogP contribution in [0.2, 0.25) is 0 Å². The van der Waals surface area contributed by atoms with E-state index >= 15 is 0 Å². The molecule has 21 heavy (non-hydrogen) atoms. The summed E-state index contributed by atoms with van der Waals surface area (Å²) in [4.78, 5) is 25.3. The smallest absolute Gasteiger partial charge is 0.326 e. The second kappa shape index (κ2) is 7.11. The maximum atomic E-state index is 12.4. The van der Waals surface area contributed by atoms with Crippen molar-refractivity contribution >= 4 is 17.7 Å². The van der Waals surface area contributed by atoms with Crippen LogP contribution in [0.1, 0.15) is 32.6 Å². The summed E-state index contributed by atoms with van der Waals surface area (Å²) in [5, 5.41) is 11.9. The predicted octanol–water partition coefficient (Wildman–Crippen LogP) is 2.87. The highest BCUT2D eigenvalue weighted by Crippen LogP contribution is 2.33. The summed E-state index contributed by atoms with van der Waals surface area (Å²) in [6, 6.07) is 8.27. The molecule has 1 fully saturated rings. The lowest BCUT2D eigenvalue weighted by Gasteiger charge is -2.25. The van der Waals surface area contributed by atoms with E-state index in [1.165, 1.54) is 0 Å². The topological polar surface area (TPSA) is 69.6 Å². The SMILES string of the molecule is CCCCN(C(=O)NC(C(=O)O)C1CC1)c1ccccc1. The molecule has 0 radical (unpaired) electrons. The van der Waals surface area contributed by atoms with Crippen molar-refractivity contribution < 1.29 is 14.7 Å². The summed E-state index contributed by atoms with van der Waals surface area (Å²) in [6.45, 7) is 2.65. The van der Waals surface area contributed by atoms with Crippen LogP contribution in [-0.2, 0) is 4.79 Å². The van der Waals surface area contributed by atoms with Gasteiger partial charge >= 0.3 is 12.0 Å². The normalized spacial score (nSPS) is 15.3. The molecule has 2 amide bonds. The molecule has 1 aliphatic rings. The zero-order valence-corrected chi connectivity index (χ0v) is 12.3. The van der Waals surface area contributed by atoms with Crippen molar-refractivity contribution in [3.63, 3.8) is 0 Å². The van der Waals surface area contributed by atoms with E-state index in [2.05, 4.69) is 12.2 Å². The molecule has 0 saturated heterocycles. The van der Waals surface area contributed by atoms with Crippen LogP contribution in [0.3, 0.4) is 0 Å². The van der Waals surface area contributed by atoms with Gasteiger partial charge in [0.2, 0.25) is 0 Å². The molecule has 1 aromatic rings. The Morgan fingerprint density at radius 1 is 1.33 bits per heavy atom. The van der Waals surface area contributed by atoms with Gasteiger partial charge in [-0.3, -0.25) is 4.90 Å². The predicted molar refractivity (Wildman–Crippen MR) is 81.4 cm³/mol. The molecule has 2 N–H and O–H groups in total. The van der Waals surface area contributed by atoms with E-state index in [4.69, 9.17) is 0 Å². The first-order valence-corrected chi connectivity index (χ1v) is 7.49. The largest absolute Gasteiger partial charge is 0.480 e. The van der Waals surface area contributed by atoms with Crippen molar-refractivity contribution in [1.82, 2.24) is 5.32 Å². The Kier molecular flexibility index (Phi) is 5.20. The van der Waals surface area contributed by atoms with Gasteiger partial charge in [-0.15, -0.1) is 0 Å². The number of hydrogen-bond acceptors (Lipinski definition) is 2. The molecule has 0 spiro atoms. The summed E-state index contributed by atoms with van der Waals surface area (Å²) < 4.78 is 0. The lowest BCUT2D eigenvalue weighted by molar-refractivity contribution is -0.139. The average Bonchev–Trinajstić information content (AvgIpc) is 3.30. The van der Waals surface area contributed by atoms with Crippen molar-refractivity contribution in [3.8, 4) is 0 Å². The second-order valence-electron chi connectivity index (χ2n) is 5.44. The molecule has 1 aliphatic carbocycles. The standard InChI is InChI=1S/C16H22N2O3/c1-2-3-11-18(13-7-5-4-6-8-13)16(21)17-14(15(19)20)12-9-10-12/h4-8,12,14H,2-3,9-11H2,1H3,(H,17,21)(H,19,20). The number of urea groups is 1. The minimum Gasteiger partial charge on any atom is -0.480 e.